The summed E-state index contributed by atoms with van der Waals surface area (Å²) in [5.74, 6) is -1.76. The van der Waals surface area contributed by atoms with Crippen LogP contribution in [0.1, 0.15) is 189 Å². The van der Waals surface area contributed by atoms with Gasteiger partial charge >= 0.3 is 29.8 Å². The van der Waals surface area contributed by atoms with E-state index in [1.807, 2.05) is 6.92 Å². The maximum absolute atomic E-state index is 12.2. The molecule has 0 N–H and O–H groups in total. The molecule has 2 fully saturated rings. The van der Waals surface area contributed by atoms with Gasteiger partial charge in [0.2, 0.25) is 0 Å². The lowest BCUT2D eigenvalue weighted by Crippen LogP contribution is -2.37. The molecule has 0 aliphatic carbocycles. The van der Waals surface area contributed by atoms with Gasteiger partial charge in [0.25, 0.3) is 0 Å². The van der Waals surface area contributed by atoms with Gasteiger partial charge in [0, 0.05) is 39.7 Å². The van der Waals surface area contributed by atoms with Crippen molar-refractivity contribution in [1.29, 1.82) is 0 Å². The standard InChI is InChI=1S/C45H74O12/c1-7-8-9-10-11-12-16-19-22-39(53-33(4)47)43-27-28-44(57-43)41(55-35(6)49)26-25-40(54-34(5)48)42-24-23-37(56-42)20-17-14-13-15-18-21-38(52-32(3)46)30-36-29-31(2)51-45(36)50/h29,31,37-44H,7-28,30H2,1-6H3/t31-,37?,38+,39-,40-,41-,42+,43-,44-/m1/s1. The van der Waals surface area contributed by atoms with Crippen LogP contribution in [0.5, 0.6) is 0 Å². The molecule has 326 valence electrons. The molecular formula is C45H74O12. The fourth-order valence-corrected chi connectivity index (χ4v) is 8.60. The number of esters is 5. The van der Waals surface area contributed by atoms with Crippen LogP contribution in [0.2, 0.25) is 0 Å². The highest BCUT2D eigenvalue weighted by Crippen LogP contribution is 2.34. The van der Waals surface area contributed by atoms with E-state index in [1.165, 1.54) is 66.2 Å². The van der Waals surface area contributed by atoms with E-state index < -0.39 is 18.2 Å². The summed E-state index contributed by atoms with van der Waals surface area (Å²) < 4.78 is 40.9. The molecule has 0 spiro atoms. The first-order valence-electron chi connectivity index (χ1n) is 22.3. The van der Waals surface area contributed by atoms with Crippen molar-refractivity contribution in [3.63, 3.8) is 0 Å². The smallest absolute Gasteiger partial charge is 0.334 e. The third-order valence-corrected chi connectivity index (χ3v) is 11.3. The second-order valence-corrected chi connectivity index (χ2v) is 16.5. The van der Waals surface area contributed by atoms with Crippen LogP contribution in [-0.2, 0) is 57.1 Å². The van der Waals surface area contributed by atoms with Crippen LogP contribution in [0.4, 0.5) is 0 Å². The molecule has 2 saturated heterocycles. The first-order chi connectivity index (χ1) is 27.3. The van der Waals surface area contributed by atoms with E-state index >= 15 is 0 Å². The topological polar surface area (TPSA) is 150 Å². The number of rotatable bonds is 29. The summed E-state index contributed by atoms with van der Waals surface area (Å²) in [7, 11) is 0. The Labute approximate surface area is 342 Å². The third kappa shape index (κ3) is 19.5. The molecule has 0 radical (unpaired) electrons. The summed E-state index contributed by atoms with van der Waals surface area (Å²) in [5, 5.41) is 0. The maximum atomic E-state index is 12.2. The van der Waals surface area contributed by atoms with Gasteiger partial charge in [-0.2, -0.15) is 0 Å². The van der Waals surface area contributed by atoms with E-state index in [9.17, 15) is 24.0 Å². The maximum Gasteiger partial charge on any atom is 0.334 e. The van der Waals surface area contributed by atoms with Crippen molar-refractivity contribution < 1.29 is 57.1 Å². The second-order valence-electron chi connectivity index (χ2n) is 16.5. The lowest BCUT2D eigenvalue weighted by molar-refractivity contribution is -0.167. The zero-order valence-electron chi connectivity index (χ0n) is 35.9. The average Bonchev–Trinajstić information content (AvgIpc) is 3.89. The molecule has 12 heteroatoms. The molecule has 3 heterocycles. The predicted molar refractivity (Wildman–Crippen MR) is 215 cm³/mol. The Bertz CT molecular complexity index is 1260. The highest BCUT2D eigenvalue weighted by molar-refractivity contribution is 5.91. The Morgan fingerprint density at radius 2 is 1.05 bits per heavy atom. The molecule has 1 unspecified atom stereocenters. The van der Waals surface area contributed by atoms with Crippen molar-refractivity contribution in [2.24, 2.45) is 0 Å². The van der Waals surface area contributed by atoms with E-state index in [0.717, 1.165) is 70.6 Å². The van der Waals surface area contributed by atoms with Crippen LogP contribution in [-0.4, -0.2) is 84.8 Å². The monoisotopic (exact) mass is 807 g/mol. The molecule has 9 atom stereocenters. The van der Waals surface area contributed by atoms with E-state index in [4.69, 9.17) is 33.2 Å². The number of carbonyl (C=O) groups excluding carboxylic acids is 5. The van der Waals surface area contributed by atoms with Crippen LogP contribution < -0.4 is 0 Å². The van der Waals surface area contributed by atoms with Gasteiger partial charge in [0.1, 0.15) is 30.5 Å². The highest BCUT2D eigenvalue weighted by Gasteiger charge is 2.40. The van der Waals surface area contributed by atoms with Gasteiger partial charge in [-0.3, -0.25) is 19.2 Å². The summed E-state index contributed by atoms with van der Waals surface area (Å²) in [6, 6.07) is 0. The van der Waals surface area contributed by atoms with Crippen molar-refractivity contribution in [1.82, 2.24) is 0 Å². The van der Waals surface area contributed by atoms with Crippen LogP contribution >= 0.6 is 0 Å². The number of hydrogen-bond acceptors (Lipinski definition) is 12. The van der Waals surface area contributed by atoms with Gasteiger partial charge < -0.3 is 33.2 Å². The van der Waals surface area contributed by atoms with Gasteiger partial charge in [0.15, 0.2) is 0 Å². The van der Waals surface area contributed by atoms with E-state index in [-0.39, 0.29) is 66.6 Å². The van der Waals surface area contributed by atoms with E-state index in [2.05, 4.69) is 6.92 Å². The molecule has 57 heavy (non-hydrogen) atoms. The van der Waals surface area contributed by atoms with Gasteiger partial charge in [-0.15, -0.1) is 0 Å². The fourth-order valence-electron chi connectivity index (χ4n) is 8.60. The Kier molecular flexibility index (Phi) is 22.8. The average molecular weight is 807 g/mol. The lowest BCUT2D eigenvalue weighted by Gasteiger charge is -2.29. The molecule has 3 aliphatic heterocycles. The molecule has 0 aromatic carbocycles. The van der Waals surface area contributed by atoms with Crippen LogP contribution in [0.15, 0.2) is 11.6 Å². The summed E-state index contributed by atoms with van der Waals surface area (Å²) in [5.41, 5.74) is 0.579. The minimum absolute atomic E-state index is 0.0886. The Morgan fingerprint density at radius 3 is 1.56 bits per heavy atom. The second kappa shape index (κ2) is 26.9. The van der Waals surface area contributed by atoms with Crippen molar-refractivity contribution in [2.75, 3.05) is 0 Å². The third-order valence-electron chi connectivity index (χ3n) is 11.3. The van der Waals surface area contributed by atoms with Crippen molar-refractivity contribution in [2.45, 2.75) is 244 Å². The quantitative estimate of drug-likeness (QED) is 0.0403. The fraction of sp³-hybridized carbons (Fsp3) is 0.844. The summed E-state index contributed by atoms with van der Waals surface area (Å²) in [6.07, 6.45) is 20.5. The van der Waals surface area contributed by atoms with Crippen LogP contribution in [0.3, 0.4) is 0 Å². The molecule has 0 aromatic rings. The minimum Gasteiger partial charge on any atom is -0.462 e. The predicted octanol–water partition coefficient (Wildman–Crippen LogP) is 9.11. The molecule has 0 bridgehead atoms. The summed E-state index contributed by atoms with van der Waals surface area (Å²) in [4.78, 5) is 60.1. The van der Waals surface area contributed by atoms with Crippen LogP contribution in [0, 0.1) is 0 Å². The number of unbranched alkanes of at least 4 members (excludes halogenated alkanes) is 11. The molecule has 0 saturated carbocycles. The van der Waals surface area contributed by atoms with Crippen molar-refractivity contribution in [3.05, 3.63) is 11.6 Å². The van der Waals surface area contributed by atoms with Gasteiger partial charge in [-0.1, -0.05) is 77.6 Å². The Hall–Kier alpha value is -2.99. The largest absolute Gasteiger partial charge is 0.462 e. The zero-order valence-corrected chi connectivity index (χ0v) is 35.9. The molecule has 0 amide bonds. The number of ether oxygens (including phenoxy) is 7. The molecule has 3 aliphatic rings. The highest BCUT2D eigenvalue weighted by atomic mass is 16.6. The van der Waals surface area contributed by atoms with Gasteiger partial charge in [-0.05, 0) is 83.6 Å². The Balaban J connectivity index is 1.42. The summed E-state index contributed by atoms with van der Waals surface area (Å²) >= 11 is 0. The van der Waals surface area contributed by atoms with Gasteiger partial charge in [0.05, 0.1) is 24.4 Å². The first-order valence-corrected chi connectivity index (χ1v) is 22.3. The molecule has 12 nitrogen and oxygen atoms in total. The van der Waals surface area contributed by atoms with E-state index in [0.29, 0.717) is 44.1 Å². The SMILES string of the molecule is CCCCCCCCCC[C@@H](OC(C)=O)[C@H]1CC[C@H]([C@@H](CC[C@@H](OC(C)=O)[C@@H]2CCC(CCCCCCC[C@@H](CC3=C[C@@H](C)OC3=O)OC(C)=O)O2)OC(C)=O)O1. The molecular weight excluding hydrogens is 732 g/mol. The van der Waals surface area contributed by atoms with Crippen LogP contribution in [0.25, 0.3) is 0 Å². The number of carbonyl (C=O) groups is 5. The van der Waals surface area contributed by atoms with Crippen molar-refractivity contribution in [3.8, 4) is 0 Å². The Morgan fingerprint density at radius 1 is 0.596 bits per heavy atom. The first kappa shape index (κ1) is 48.4. The van der Waals surface area contributed by atoms with E-state index in [1.54, 1.807) is 6.08 Å². The molecule has 3 rings (SSSR count). The lowest BCUT2D eigenvalue weighted by atomic mass is 9.98. The van der Waals surface area contributed by atoms with Crippen molar-refractivity contribution >= 4 is 29.8 Å². The minimum atomic E-state index is -0.520. The normalized spacial score (nSPS) is 23.9. The molecule has 0 aromatic heterocycles. The zero-order chi connectivity index (χ0) is 41.6. The summed E-state index contributed by atoms with van der Waals surface area (Å²) in [6.45, 7) is 9.67. The van der Waals surface area contributed by atoms with Gasteiger partial charge in [-0.25, -0.2) is 4.79 Å². The number of cyclic esters (lactones) is 1. The number of hydrogen-bond donors (Lipinski definition) is 0.